The zero-order valence-corrected chi connectivity index (χ0v) is 15.1. The fourth-order valence-electron chi connectivity index (χ4n) is 2.51. The molecule has 1 amide bonds. The Balaban J connectivity index is 0.00000208. The zero-order chi connectivity index (χ0) is 16.2. The van der Waals surface area contributed by atoms with E-state index in [-0.39, 0.29) is 18.3 Å². The third-order valence-corrected chi connectivity index (χ3v) is 4.59. The number of anilines is 1. The predicted molar refractivity (Wildman–Crippen MR) is 98.6 cm³/mol. The Labute approximate surface area is 151 Å². The molecular formula is C17H21ClN2O3S. The monoisotopic (exact) mass is 368 g/mol. The number of benzene rings is 1. The highest BCUT2D eigenvalue weighted by Gasteiger charge is 2.20. The topological polar surface area (TPSA) is 64.8 Å². The number of nitrogens with two attached hydrogens (primary N) is 1. The van der Waals surface area contributed by atoms with Crippen molar-refractivity contribution < 1.29 is 14.3 Å². The molecule has 130 valence electrons. The summed E-state index contributed by atoms with van der Waals surface area (Å²) >= 11 is 1.69. The molecule has 1 aliphatic heterocycles. The number of rotatable bonds is 5. The summed E-state index contributed by atoms with van der Waals surface area (Å²) in [5.74, 6) is 1.41. The number of amides is 1. The Kier molecular flexibility index (Phi) is 6.48. The minimum Gasteiger partial charge on any atom is -0.486 e. The predicted octanol–water partition coefficient (Wildman–Crippen LogP) is 3.13. The maximum absolute atomic E-state index is 12.5. The molecule has 0 radical (unpaired) electrons. The molecule has 0 bridgehead atoms. The third-order valence-electron chi connectivity index (χ3n) is 3.61. The number of thiophene rings is 1. The van der Waals surface area contributed by atoms with Crippen molar-refractivity contribution in [2.75, 3.05) is 24.7 Å². The van der Waals surface area contributed by atoms with Gasteiger partial charge in [0.1, 0.15) is 13.2 Å². The Bertz CT molecular complexity index is 705. The number of aryl methyl sites for hydroxylation is 1. The van der Waals surface area contributed by atoms with Crippen LogP contribution in [-0.4, -0.2) is 25.7 Å². The molecule has 0 fully saturated rings. The second kappa shape index (κ2) is 8.37. The van der Waals surface area contributed by atoms with Crippen molar-refractivity contribution >= 4 is 35.3 Å². The van der Waals surface area contributed by atoms with Crippen molar-refractivity contribution in [3.63, 3.8) is 0 Å². The molecule has 0 aliphatic carbocycles. The molecule has 7 heteroatoms. The Hall–Kier alpha value is -1.76. The van der Waals surface area contributed by atoms with Gasteiger partial charge in [-0.1, -0.05) is 0 Å². The lowest BCUT2D eigenvalue weighted by molar-refractivity contribution is -0.118. The second-order valence-electron chi connectivity index (χ2n) is 5.36. The second-order valence-corrected chi connectivity index (χ2v) is 6.73. The highest BCUT2D eigenvalue weighted by molar-refractivity contribution is 7.11. The molecule has 0 atom stereocenters. The molecule has 2 aromatic rings. The van der Waals surface area contributed by atoms with Crippen LogP contribution in [0, 0.1) is 6.92 Å². The minimum absolute atomic E-state index is 0. The normalized spacial score (nSPS) is 12.4. The molecule has 0 saturated heterocycles. The lowest BCUT2D eigenvalue weighted by Crippen LogP contribution is -2.31. The minimum atomic E-state index is 0. The van der Waals surface area contributed by atoms with Gasteiger partial charge < -0.3 is 20.1 Å². The Morgan fingerprint density at radius 2 is 1.96 bits per heavy atom. The van der Waals surface area contributed by atoms with Gasteiger partial charge in [0.05, 0.1) is 6.54 Å². The van der Waals surface area contributed by atoms with Crippen molar-refractivity contribution in [2.45, 2.75) is 19.9 Å². The van der Waals surface area contributed by atoms with E-state index < -0.39 is 0 Å². The van der Waals surface area contributed by atoms with Crippen LogP contribution >= 0.6 is 23.7 Å². The first-order valence-electron chi connectivity index (χ1n) is 7.63. The number of carbonyl (C=O) groups is 1. The molecule has 3 rings (SSSR count). The van der Waals surface area contributed by atoms with E-state index in [0.717, 1.165) is 16.3 Å². The standard InChI is InChI=1S/C17H20N2O3S.ClH/c1-12-2-4-14(23-12)11-19(17(20)6-7-18)13-3-5-15-16(10-13)22-9-8-21-15;/h2-5,10H,6-9,11,18H2,1H3;1H. The first kappa shape index (κ1) is 18.6. The molecule has 5 nitrogen and oxygen atoms in total. The zero-order valence-electron chi connectivity index (χ0n) is 13.5. The van der Waals surface area contributed by atoms with E-state index >= 15 is 0 Å². The van der Waals surface area contributed by atoms with E-state index in [1.54, 1.807) is 16.2 Å². The maximum Gasteiger partial charge on any atom is 0.228 e. The third kappa shape index (κ3) is 4.20. The van der Waals surface area contributed by atoms with Crippen LogP contribution in [-0.2, 0) is 11.3 Å². The van der Waals surface area contributed by atoms with Crippen LogP contribution in [0.4, 0.5) is 5.69 Å². The van der Waals surface area contributed by atoms with Crippen LogP contribution < -0.4 is 20.1 Å². The first-order chi connectivity index (χ1) is 11.2. The van der Waals surface area contributed by atoms with E-state index in [0.29, 0.717) is 38.5 Å². The van der Waals surface area contributed by atoms with Crippen LogP contribution in [0.1, 0.15) is 16.2 Å². The van der Waals surface area contributed by atoms with E-state index in [1.165, 1.54) is 4.88 Å². The summed E-state index contributed by atoms with van der Waals surface area (Å²) in [5.41, 5.74) is 6.37. The summed E-state index contributed by atoms with van der Waals surface area (Å²) in [6.07, 6.45) is 0.318. The summed E-state index contributed by atoms with van der Waals surface area (Å²) < 4.78 is 11.2. The van der Waals surface area contributed by atoms with Crippen LogP contribution in [0.25, 0.3) is 0 Å². The highest BCUT2D eigenvalue weighted by Crippen LogP contribution is 2.35. The summed E-state index contributed by atoms with van der Waals surface area (Å²) in [5, 5.41) is 0. The number of halogens is 1. The Morgan fingerprint density at radius 3 is 2.62 bits per heavy atom. The van der Waals surface area contributed by atoms with Gasteiger partial charge in [0.2, 0.25) is 5.91 Å². The number of fused-ring (bicyclic) bond motifs is 1. The molecule has 2 heterocycles. The van der Waals surface area contributed by atoms with Crippen molar-refractivity contribution in [3.05, 3.63) is 40.1 Å². The molecule has 1 aliphatic rings. The number of hydrogen-bond donors (Lipinski definition) is 1. The van der Waals surface area contributed by atoms with Gasteiger partial charge in [-0.15, -0.1) is 23.7 Å². The van der Waals surface area contributed by atoms with Gasteiger partial charge >= 0.3 is 0 Å². The van der Waals surface area contributed by atoms with Crippen LogP contribution in [0.2, 0.25) is 0 Å². The fraction of sp³-hybridized carbons (Fsp3) is 0.353. The highest BCUT2D eigenvalue weighted by atomic mass is 35.5. The van der Waals surface area contributed by atoms with E-state index in [1.807, 2.05) is 18.2 Å². The summed E-state index contributed by atoms with van der Waals surface area (Å²) in [6, 6.07) is 9.73. The van der Waals surface area contributed by atoms with Crippen molar-refractivity contribution in [1.82, 2.24) is 0 Å². The molecule has 0 spiro atoms. The van der Waals surface area contributed by atoms with Crippen LogP contribution in [0.5, 0.6) is 11.5 Å². The molecular weight excluding hydrogens is 348 g/mol. The summed E-state index contributed by atoms with van der Waals surface area (Å²) in [6.45, 7) is 4.01. The van der Waals surface area contributed by atoms with Gasteiger partial charge in [0, 0.05) is 34.5 Å². The fourth-order valence-corrected chi connectivity index (χ4v) is 3.39. The molecule has 1 aromatic carbocycles. The molecule has 24 heavy (non-hydrogen) atoms. The van der Waals surface area contributed by atoms with Crippen molar-refractivity contribution in [2.24, 2.45) is 5.73 Å². The van der Waals surface area contributed by atoms with Crippen LogP contribution in [0.3, 0.4) is 0 Å². The SMILES string of the molecule is Cc1ccc(CN(C(=O)CCN)c2ccc3c(c2)OCCO3)s1.Cl. The quantitative estimate of drug-likeness (QED) is 0.880. The number of ether oxygens (including phenoxy) is 2. The van der Waals surface area contributed by atoms with Crippen molar-refractivity contribution in [1.29, 1.82) is 0 Å². The van der Waals surface area contributed by atoms with Crippen LogP contribution in [0.15, 0.2) is 30.3 Å². The van der Waals surface area contributed by atoms with Gasteiger partial charge in [-0.3, -0.25) is 4.79 Å². The van der Waals surface area contributed by atoms with Crippen molar-refractivity contribution in [3.8, 4) is 11.5 Å². The number of nitrogens with zero attached hydrogens (tertiary/aromatic N) is 1. The number of carbonyl (C=O) groups excluding carboxylic acids is 1. The van der Waals surface area contributed by atoms with Gasteiger partial charge in [-0.05, 0) is 31.2 Å². The van der Waals surface area contributed by atoms with E-state index in [9.17, 15) is 4.79 Å². The average Bonchev–Trinajstić information content (AvgIpc) is 2.97. The average molecular weight is 369 g/mol. The van der Waals surface area contributed by atoms with E-state index in [4.69, 9.17) is 15.2 Å². The summed E-state index contributed by atoms with van der Waals surface area (Å²) in [7, 11) is 0. The molecule has 2 N–H and O–H groups in total. The molecule has 1 aromatic heterocycles. The largest absolute Gasteiger partial charge is 0.486 e. The number of hydrogen-bond acceptors (Lipinski definition) is 5. The Morgan fingerprint density at radius 1 is 1.21 bits per heavy atom. The van der Waals surface area contributed by atoms with Gasteiger partial charge in [-0.2, -0.15) is 0 Å². The maximum atomic E-state index is 12.5. The first-order valence-corrected chi connectivity index (χ1v) is 8.44. The van der Waals surface area contributed by atoms with Gasteiger partial charge in [0.15, 0.2) is 11.5 Å². The summed E-state index contributed by atoms with van der Waals surface area (Å²) in [4.78, 5) is 16.6. The van der Waals surface area contributed by atoms with E-state index in [2.05, 4.69) is 19.1 Å². The lowest BCUT2D eigenvalue weighted by atomic mass is 10.2. The lowest BCUT2D eigenvalue weighted by Gasteiger charge is -2.25. The molecule has 0 saturated carbocycles. The molecule has 0 unspecified atom stereocenters. The van der Waals surface area contributed by atoms with Gasteiger partial charge in [0.25, 0.3) is 0 Å². The smallest absolute Gasteiger partial charge is 0.228 e. The van der Waals surface area contributed by atoms with Gasteiger partial charge in [-0.25, -0.2) is 0 Å².